The summed E-state index contributed by atoms with van der Waals surface area (Å²) in [5.74, 6) is -0.919. The van der Waals surface area contributed by atoms with Crippen LogP contribution in [0.15, 0.2) is 35.2 Å². The van der Waals surface area contributed by atoms with Crippen molar-refractivity contribution in [3.8, 4) is 0 Å². The lowest BCUT2D eigenvalue weighted by Gasteiger charge is -2.06. The number of aromatic nitrogens is 2. The van der Waals surface area contributed by atoms with Gasteiger partial charge in [-0.05, 0) is 37.3 Å². The Balaban J connectivity index is 1.90. The highest BCUT2D eigenvalue weighted by molar-refractivity contribution is 7.89. The molecule has 0 unspecified atom stereocenters. The van der Waals surface area contributed by atoms with Gasteiger partial charge in [0.05, 0.1) is 11.4 Å². The summed E-state index contributed by atoms with van der Waals surface area (Å²) in [6.45, 7) is 1.56. The van der Waals surface area contributed by atoms with E-state index in [4.69, 9.17) is 5.14 Å². The molecule has 0 aliphatic rings. The Bertz CT molecular complexity index is 852. The third-order valence-electron chi connectivity index (χ3n) is 3.22. The second kappa shape index (κ2) is 6.81. The number of nitrogens with one attached hydrogen (secondary N) is 2. The molecule has 2 amide bonds. The molecule has 0 bridgehead atoms. The van der Waals surface area contributed by atoms with E-state index in [0.717, 1.165) is 5.69 Å². The molecule has 0 spiro atoms. The molecule has 9 nitrogen and oxygen atoms in total. The molecule has 2 aromatic rings. The summed E-state index contributed by atoms with van der Waals surface area (Å²) >= 11 is 0. The number of nitrogens with two attached hydrogens (primary N) is 1. The summed E-state index contributed by atoms with van der Waals surface area (Å²) in [7, 11) is -2.07. The maximum atomic E-state index is 11.9. The molecule has 0 saturated carbocycles. The van der Waals surface area contributed by atoms with Gasteiger partial charge in [0.1, 0.15) is 5.69 Å². The Morgan fingerprint density at radius 2 is 1.88 bits per heavy atom. The van der Waals surface area contributed by atoms with Crippen LogP contribution in [0.2, 0.25) is 0 Å². The van der Waals surface area contributed by atoms with E-state index in [-0.39, 0.29) is 17.1 Å². The lowest BCUT2D eigenvalue weighted by atomic mass is 10.3. The average molecular weight is 351 g/mol. The highest BCUT2D eigenvalue weighted by Crippen LogP contribution is 2.12. The van der Waals surface area contributed by atoms with Crippen LogP contribution >= 0.6 is 0 Å². The molecule has 0 atom stereocenters. The summed E-state index contributed by atoms with van der Waals surface area (Å²) in [6, 6.07) is 6.97. The summed E-state index contributed by atoms with van der Waals surface area (Å²) in [6.07, 6.45) is 0. The summed E-state index contributed by atoms with van der Waals surface area (Å²) in [5.41, 5.74) is 1.43. The number of carbonyl (C=O) groups is 2. The Labute approximate surface area is 138 Å². The minimum Gasteiger partial charge on any atom is -0.342 e. The number of nitrogens with zero attached hydrogens (tertiary/aromatic N) is 2. The third-order valence-corrected chi connectivity index (χ3v) is 4.15. The number of anilines is 1. The number of benzene rings is 1. The number of aryl methyl sites for hydroxylation is 2. The van der Waals surface area contributed by atoms with Gasteiger partial charge in [0.15, 0.2) is 0 Å². The standard InChI is InChI=1S/C14H17N5O4S/c1-9-7-12(18-19(9)2)14(21)16-8-13(20)17-10-3-5-11(6-4-10)24(15,22)23/h3-7H,8H2,1-2H3,(H,16,21)(H,17,20)(H2,15,22,23). The van der Waals surface area contributed by atoms with E-state index in [1.165, 1.54) is 24.3 Å². The Morgan fingerprint density at radius 1 is 1.25 bits per heavy atom. The van der Waals surface area contributed by atoms with Gasteiger partial charge in [-0.3, -0.25) is 14.3 Å². The summed E-state index contributed by atoms with van der Waals surface area (Å²) in [4.78, 5) is 23.6. The van der Waals surface area contributed by atoms with Crippen molar-refractivity contribution in [2.75, 3.05) is 11.9 Å². The SMILES string of the molecule is Cc1cc(C(=O)NCC(=O)Nc2ccc(S(N)(=O)=O)cc2)nn1C. The minimum absolute atomic E-state index is 0.0562. The highest BCUT2D eigenvalue weighted by atomic mass is 32.2. The average Bonchev–Trinajstić information content (AvgIpc) is 2.84. The first-order valence-electron chi connectivity index (χ1n) is 6.88. The van der Waals surface area contributed by atoms with Crippen molar-refractivity contribution in [1.82, 2.24) is 15.1 Å². The first kappa shape index (κ1) is 17.6. The molecule has 0 aliphatic carbocycles. The predicted molar refractivity (Wildman–Crippen MR) is 86.7 cm³/mol. The number of rotatable bonds is 5. The fraction of sp³-hybridized carbons (Fsp3) is 0.214. The lowest BCUT2D eigenvalue weighted by Crippen LogP contribution is -2.33. The molecule has 2 rings (SSSR count). The fourth-order valence-corrected chi connectivity index (χ4v) is 2.37. The molecule has 1 heterocycles. The van der Waals surface area contributed by atoms with Crippen molar-refractivity contribution in [2.45, 2.75) is 11.8 Å². The maximum absolute atomic E-state index is 11.9. The van der Waals surface area contributed by atoms with Crippen molar-refractivity contribution < 1.29 is 18.0 Å². The van der Waals surface area contributed by atoms with Crippen LogP contribution in [0, 0.1) is 6.92 Å². The van der Waals surface area contributed by atoms with Gasteiger partial charge in [0, 0.05) is 18.4 Å². The first-order chi connectivity index (χ1) is 11.2. The molecule has 0 fully saturated rings. The zero-order valence-electron chi connectivity index (χ0n) is 13.1. The molecule has 0 aliphatic heterocycles. The number of amides is 2. The second-order valence-corrected chi connectivity index (χ2v) is 6.66. The van der Waals surface area contributed by atoms with Gasteiger partial charge < -0.3 is 10.6 Å². The van der Waals surface area contributed by atoms with Gasteiger partial charge in [-0.1, -0.05) is 0 Å². The van der Waals surface area contributed by atoms with Crippen LogP contribution in [0.4, 0.5) is 5.69 Å². The zero-order valence-corrected chi connectivity index (χ0v) is 13.9. The van der Waals surface area contributed by atoms with E-state index in [2.05, 4.69) is 15.7 Å². The molecule has 1 aromatic heterocycles. The molecule has 24 heavy (non-hydrogen) atoms. The van der Waals surface area contributed by atoms with E-state index >= 15 is 0 Å². The van der Waals surface area contributed by atoms with E-state index in [9.17, 15) is 18.0 Å². The third kappa shape index (κ3) is 4.40. The van der Waals surface area contributed by atoms with Crippen LogP contribution in [-0.2, 0) is 21.9 Å². The lowest BCUT2D eigenvalue weighted by molar-refractivity contribution is -0.115. The van der Waals surface area contributed by atoms with E-state index in [1.54, 1.807) is 17.8 Å². The van der Waals surface area contributed by atoms with Crippen molar-refractivity contribution in [3.63, 3.8) is 0 Å². The van der Waals surface area contributed by atoms with Gasteiger partial charge in [0.25, 0.3) is 5.91 Å². The molecule has 1 aromatic carbocycles. The monoisotopic (exact) mass is 351 g/mol. The molecule has 10 heteroatoms. The van der Waals surface area contributed by atoms with Gasteiger partial charge in [-0.25, -0.2) is 13.6 Å². The normalized spacial score (nSPS) is 11.1. The van der Waals surface area contributed by atoms with Crippen LogP contribution in [-0.4, -0.2) is 36.6 Å². The van der Waals surface area contributed by atoms with Crippen molar-refractivity contribution in [1.29, 1.82) is 0 Å². The van der Waals surface area contributed by atoms with Gasteiger partial charge >= 0.3 is 0 Å². The van der Waals surface area contributed by atoms with E-state index < -0.39 is 21.8 Å². The zero-order chi connectivity index (χ0) is 17.9. The quantitative estimate of drug-likeness (QED) is 0.682. The molecule has 0 radical (unpaired) electrons. The number of hydrogen-bond donors (Lipinski definition) is 3. The summed E-state index contributed by atoms with van der Waals surface area (Å²) < 4.78 is 23.8. The van der Waals surface area contributed by atoms with Crippen LogP contribution in [0.5, 0.6) is 0 Å². The first-order valence-corrected chi connectivity index (χ1v) is 8.43. The highest BCUT2D eigenvalue weighted by Gasteiger charge is 2.13. The van der Waals surface area contributed by atoms with Crippen molar-refractivity contribution in [2.24, 2.45) is 12.2 Å². The molecule has 0 saturated heterocycles. The molecular weight excluding hydrogens is 334 g/mol. The predicted octanol–water partition coefficient (Wildman–Crippen LogP) is -0.256. The van der Waals surface area contributed by atoms with Crippen molar-refractivity contribution in [3.05, 3.63) is 41.7 Å². The maximum Gasteiger partial charge on any atom is 0.272 e. The van der Waals surface area contributed by atoms with E-state index in [1.807, 2.05) is 6.92 Å². The fourth-order valence-electron chi connectivity index (χ4n) is 1.86. The molecular formula is C14H17N5O4S. The number of primary sulfonamides is 1. The van der Waals surface area contributed by atoms with Crippen LogP contribution in [0.3, 0.4) is 0 Å². The second-order valence-electron chi connectivity index (χ2n) is 5.09. The van der Waals surface area contributed by atoms with Crippen LogP contribution in [0.25, 0.3) is 0 Å². The van der Waals surface area contributed by atoms with Gasteiger partial charge in [0.2, 0.25) is 15.9 Å². The van der Waals surface area contributed by atoms with Crippen LogP contribution < -0.4 is 15.8 Å². The van der Waals surface area contributed by atoms with E-state index in [0.29, 0.717) is 5.69 Å². The van der Waals surface area contributed by atoms with Crippen molar-refractivity contribution >= 4 is 27.5 Å². The largest absolute Gasteiger partial charge is 0.342 e. The van der Waals surface area contributed by atoms with Gasteiger partial charge in [-0.15, -0.1) is 0 Å². The number of carbonyl (C=O) groups excluding carboxylic acids is 2. The number of sulfonamides is 1. The number of hydrogen-bond acceptors (Lipinski definition) is 5. The minimum atomic E-state index is -3.78. The molecule has 4 N–H and O–H groups in total. The van der Waals surface area contributed by atoms with Crippen LogP contribution in [0.1, 0.15) is 16.2 Å². The Morgan fingerprint density at radius 3 is 2.38 bits per heavy atom. The Kier molecular flexibility index (Phi) is 5.00. The summed E-state index contributed by atoms with van der Waals surface area (Å²) in [5, 5.41) is 14.0. The van der Waals surface area contributed by atoms with Gasteiger partial charge in [-0.2, -0.15) is 5.10 Å². The Hall–Kier alpha value is -2.72. The molecule has 128 valence electrons. The topological polar surface area (TPSA) is 136 Å². The smallest absolute Gasteiger partial charge is 0.272 e.